The number of thiocarbonyl (C=S) groups is 1. The number of hydrogen-bond donors (Lipinski definition) is 1. The standard InChI is InChI=1S/C18H17N5OS3/c1-8-13(20-7-19-8)14-17(24)23(18(25)27-14)15-12-10-5-3-4-6-11(10)26-16(12)22-9(2)21-15/h7,14H,3-6H2,1-2H3,(H,19,20). The summed E-state index contributed by atoms with van der Waals surface area (Å²) in [4.78, 5) is 34.0. The molecule has 3 aromatic rings. The second-order valence-electron chi connectivity index (χ2n) is 6.84. The predicted molar refractivity (Wildman–Crippen MR) is 113 cm³/mol. The van der Waals surface area contributed by atoms with Crippen LogP contribution in [0.5, 0.6) is 0 Å². The first-order valence-electron chi connectivity index (χ1n) is 8.88. The first-order chi connectivity index (χ1) is 13.0. The van der Waals surface area contributed by atoms with Crippen molar-refractivity contribution in [3.05, 3.63) is 34.0 Å². The summed E-state index contributed by atoms with van der Waals surface area (Å²) < 4.78 is 0.530. The zero-order valence-corrected chi connectivity index (χ0v) is 17.4. The number of aromatic nitrogens is 4. The number of anilines is 1. The molecule has 1 aliphatic heterocycles. The first-order valence-corrected chi connectivity index (χ1v) is 11.0. The van der Waals surface area contributed by atoms with Crippen molar-refractivity contribution in [2.24, 2.45) is 0 Å². The molecule has 1 atom stereocenters. The SMILES string of the molecule is Cc1nc(N2C(=O)C(c3nc[nH]c3C)SC2=S)c2c3c(sc2n1)CCCC3. The number of imidazole rings is 1. The smallest absolute Gasteiger partial charge is 0.253 e. The van der Waals surface area contributed by atoms with Crippen molar-refractivity contribution in [2.75, 3.05) is 4.90 Å². The monoisotopic (exact) mass is 415 g/mol. The molecule has 1 fully saturated rings. The molecule has 6 nitrogen and oxygen atoms in total. The summed E-state index contributed by atoms with van der Waals surface area (Å²) in [6.45, 7) is 3.79. The maximum absolute atomic E-state index is 13.3. The Hall–Kier alpha value is -1.84. The molecule has 0 saturated carbocycles. The van der Waals surface area contributed by atoms with Crippen LogP contribution in [0.25, 0.3) is 10.2 Å². The molecule has 1 N–H and O–H groups in total. The molecule has 1 amide bonds. The van der Waals surface area contributed by atoms with Gasteiger partial charge in [-0.1, -0.05) is 24.0 Å². The van der Waals surface area contributed by atoms with E-state index < -0.39 is 5.25 Å². The van der Waals surface area contributed by atoms with Gasteiger partial charge in [-0.2, -0.15) is 0 Å². The molecule has 1 aliphatic carbocycles. The highest BCUT2D eigenvalue weighted by molar-refractivity contribution is 8.24. The van der Waals surface area contributed by atoms with E-state index in [2.05, 4.69) is 19.9 Å². The van der Waals surface area contributed by atoms with E-state index in [4.69, 9.17) is 12.2 Å². The lowest BCUT2D eigenvalue weighted by atomic mass is 9.97. The highest BCUT2D eigenvalue weighted by Crippen LogP contribution is 2.45. The molecule has 1 unspecified atom stereocenters. The third-order valence-electron chi connectivity index (χ3n) is 5.08. The van der Waals surface area contributed by atoms with Crippen LogP contribution in [0.15, 0.2) is 6.33 Å². The van der Waals surface area contributed by atoms with E-state index in [1.807, 2.05) is 13.8 Å². The molecule has 0 aromatic carbocycles. The Balaban J connectivity index is 1.67. The Morgan fingerprint density at radius 1 is 1.26 bits per heavy atom. The summed E-state index contributed by atoms with van der Waals surface area (Å²) in [5.41, 5.74) is 2.93. The lowest BCUT2D eigenvalue weighted by Gasteiger charge is -2.18. The zero-order chi connectivity index (χ0) is 18.7. The van der Waals surface area contributed by atoms with Crippen LogP contribution in [-0.4, -0.2) is 30.2 Å². The van der Waals surface area contributed by atoms with Crippen LogP contribution in [0.1, 0.15) is 45.7 Å². The molecule has 27 heavy (non-hydrogen) atoms. The van der Waals surface area contributed by atoms with Gasteiger partial charge in [-0.25, -0.2) is 19.9 Å². The van der Waals surface area contributed by atoms with Crippen LogP contribution < -0.4 is 4.90 Å². The first kappa shape index (κ1) is 17.3. The Morgan fingerprint density at radius 2 is 2.07 bits per heavy atom. The van der Waals surface area contributed by atoms with Gasteiger partial charge in [0.05, 0.1) is 17.4 Å². The van der Waals surface area contributed by atoms with Crippen molar-refractivity contribution in [1.82, 2.24) is 19.9 Å². The van der Waals surface area contributed by atoms with Gasteiger partial charge in [-0.3, -0.25) is 4.79 Å². The molecule has 0 radical (unpaired) electrons. The van der Waals surface area contributed by atoms with Crippen molar-refractivity contribution in [2.45, 2.75) is 44.8 Å². The highest BCUT2D eigenvalue weighted by atomic mass is 32.2. The van der Waals surface area contributed by atoms with Crippen molar-refractivity contribution >= 4 is 61.6 Å². The third-order valence-corrected chi connectivity index (χ3v) is 7.78. The van der Waals surface area contributed by atoms with E-state index in [1.165, 1.54) is 28.6 Å². The number of carbonyl (C=O) groups is 1. The number of H-pyrrole nitrogens is 1. The minimum absolute atomic E-state index is 0.0737. The molecule has 2 aliphatic rings. The van der Waals surface area contributed by atoms with Crippen molar-refractivity contribution < 1.29 is 4.79 Å². The molecule has 9 heteroatoms. The van der Waals surface area contributed by atoms with Gasteiger partial charge in [0, 0.05) is 10.6 Å². The molecule has 0 bridgehead atoms. The van der Waals surface area contributed by atoms with Crippen molar-refractivity contribution in [3.63, 3.8) is 0 Å². The molecule has 138 valence electrons. The number of hydrogen-bond acceptors (Lipinski definition) is 7. The average molecular weight is 416 g/mol. The molecule has 3 aromatic heterocycles. The fourth-order valence-electron chi connectivity index (χ4n) is 3.81. The van der Waals surface area contributed by atoms with E-state index in [-0.39, 0.29) is 5.91 Å². The molecule has 1 saturated heterocycles. The number of carbonyl (C=O) groups excluding carboxylic acids is 1. The van der Waals surface area contributed by atoms with E-state index >= 15 is 0 Å². The minimum Gasteiger partial charge on any atom is -0.348 e. The highest BCUT2D eigenvalue weighted by Gasteiger charge is 2.42. The quantitative estimate of drug-likeness (QED) is 0.637. The second kappa shape index (κ2) is 6.35. The van der Waals surface area contributed by atoms with Gasteiger partial charge in [-0.05, 0) is 45.1 Å². The van der Waals surface area contributed by atoms with Crippen LogP contribution >= 0.6 is 35.3 Å². The Morgan fingerprint density at radius 3 is 2.85 bits per heavy atom. The van der Waals surface area contributed by atoms with Crippen LogP contribution in [0.3, 0.4) is 0 Å². The number of thiophene rings is 1. The average Bonchev–Trinajstić information content (AvgIpc) is 3.29. The molecule has 4 heterocycles. The maximum atomic E-state index is 13.3. The van der Waals surface area contributed by atoms with Gasteiger partial charge in [0.25, 0.3) is 5.91 Å². The normalized spacial score (nSPS) is 19.9. The summed E-state index contributed by atoms with van der Waals surface area (Å²) in [5, 5.41) is 0.583. The summed E-state index contributed by atoms with van der Waals surface area (Å²) in [7, 11) is 0. The van der Waals surface area contributed by atoms with Crippen molar-refractivity contribution in [3.8, 4) is 0 Å². The van der Waals surface area contributed by atoms with Crippen LogP contribution in [0, 0.1) is 13.8 Å². The summed E-state index contributed by atoms with van der Waals surface area (Å²) in [5.74, 6) is 1.24. The number of nitrogens with one attached hydrogen (secondary N) is 1. The van der Waals surface area contributed by atoms with Crippen LogP contribution in [-0.2, 0) is 17.6 Å². The van der Waals surface area contributed by atoms with E-state index in [0.29, 0.717) is 16.0 Å². The fraction of sp³-hybridized carbons (Fsp3) is 0.389. The number of amides is 1. The number of nitrogens with zero attached hydrogens (tertiary/aromatic N) is 4. The molecule has 5 rings (SSSR count). The Kier molecular flexibility index (Phi) is 4.06. The number of aromatic amines is 1. The van der Waals surface area contributed by atoms with Gasteiger partial charge >= 0.3 is 0 Å². The lowest BCUT2D eigenvalue weighted by molar-refractivity contribution is -0.117. The molecule has 0 spiro atoms. The Bertz CT molecular complexity index is 1100. The topological polar surface area (TPSA) is 74.8 Å². The lowest BCUT2D eigenvalue weighted by Crippen LogP contribution is -2.30. The van der Waals surface area contributed by atoms with E-state index in [1.54, 1.807) is 22.6 Å². The number of rotatable bonds is 2. The second-order valence-corrected chi connectivity index (χ2v) is 9.66. The van der Waals surface area contributed by atoms with Gasteiger partial charge in [0.2, 0.25) is 0 Å². The zero-order valence-electron chi connectivity index (χ0n) is 14.9. The van der Waals surface area contributed by atoms with E-state index in [9.17, 15) is 4.79 Å². The Labute approximate surface area is 169 Å². The third kappa shape index (κ3) is 2.63. The van der Waals surface area contributed by atoms with Gasteiger partial charge in [-0.15, -0.1) is 11.3 Å². The van der Waals surface area contributed by atoms with Gasteiger partial charge in [0.15, 0.2) is 5.82 Å². The fourth-order valence-corrected chi connectivity index (χ4v) is 6.62. The van der Waals surface area contributed by atoms with Gasteiger partial charge in [0.1, 0.15) is 20.2 Å². The molecular weight excluding hydrogens is 398 g/mol. The van der Waals surface area contributed by atoms with E-state index in [0.717, 1.165) is 40.9 Å². The van der Waals surface area contributed by atoms with Crippen LogP contribution in [0.2, 0.25) is 0 Å². The largest absolute Gasteiger partial charge is 0.348 e. The van der Waals surface area contributed by atoms with Gasteiger partial charge < -0.3 is 4.98 Å². The number of thioether (sulfide) groups is 1. The van der Waals surface area contributed by atoms with Crippen LogP contribution in [0.4, 0.5) is 5.82 Å². The number of aryl methyl sites for hydroxylation is 4. The summed E-state index contributed by atoms with van der Waals surface area (Å²) in [6, 6.07) is 0. The predicted octanol–water partition coefficient (Wildman–Crippen LogP) is 4.02. The minimum atomic E-state index is -0.427. The maximum Gasteiger partial charge on any atom is 0.253 e. The summed E-state index contributed by atoms with van der Waals surface area (Å²) in [6.07, 6.45) is 6.08. The summed E-state index contributed by atoms with van der Waals surface area (Å²) >= 11 is 8.71. The number of fused-ring (bicyclic) bond motifs is 3. The van der Waals surface area contributed by atoms with Crippen molar-refractivity contribution in [1.29, 1.82) is 0 Å². The molecular formula is C18H17N5OS3.